The molecule has 0 spiro atoms. The van der Waals surface area contributed by atoms with Crippen LogP contribution >= 0.6 is 23.2 Å². The molecule has 0 bridgehead atoms. The maximum Gasteiger partial charge on any atom is 0.183 e. The molecule has 0 radical (unpaired) electrons. The zero-order valence-corrected chi connectivity index (χ0v) is 8.50. The Morgan fingerprint density at radius 3 is 2.29 bits per heavy atom. The van der Waals surface area contributed by atoms with E-state index in [1.54, 1.807) is 18.2 Å². The van der Waals surface area contributed by atoms with E-state index < -0.39 is 0 Å². The first-order valence-corrected chi connectivity index (χ1v) is 4.54. The summed E-state index contributed by atoms with van der Waals surface area (Å²) in [4.78, 5) is 5.11. The summed E-state index contributed by atoms with van der Waals surface area (Å²) in [5, 5.41) is 5.01. The van der Waals surface area contributed by atoms with E-state index in [4.69, 9.17) is 29.0 Å². The Hall–Kier alpha value is -1.26. The predicted octanol–water partition coefficient (Wildman–Crippen LogP) is 1.97. The molecule has 4 nitrogen and oxygen atoms in total. The Labute approximate surface area is 90.2 Å². The molecule has 0 atom stereocenters. The zero-order chi connectivity index (χ0) is 10.1. The van der Waals surface area contributed by atoms with Gasteiger partial charge in [-0.05, 0) is 18.2 Å². The highest BCUT2D eigenvalue weighted by atomic mass is 35.5. The molecule has 1 heterocycles. The molecule has 14 heavy (non-hydrogen) atoms. The van der Waals surface area contributed by atoms with Gasteiger partial charge in [0, 0.05) is 15.6 Å². The highest BCUT2D eigenvalue weighted by molar-refractivity contribution is 6.35. The number of benzene rings is 1. The fraction of sp³-hybridized carbons (Fsp3) is 0. The Morgan fingerprint density at radius 2 is 1.79 bits per heavy atom. The normalized spacial score (nSPS) is 10.4. The average molecular weight is 229 g/mol. The van der Waals surface area contributed by atoms with Crippen LogP contribution in [0.15, 0.2) is 24.5 Å². The Bertz CT molecular complexity index is 446. The molecule has 6 heteroatoms. The van der Waals surface area contributed by atoms with Crippen LogP contribution in [0.4, 0.5) is 0 Å². The SMILES string of the molecule is Nn1cnc(-c2cc(Cl)cc(Cl)c2)n1. The first-order chi connectivity index (χ1) is 6.65. The Morgan fingerprint density at radius 1 is 1.14 bits per heavy atom. The van der Waals surface area contributed by atoms with E-state index in [-0.39, 0.29) is 0 Å². The van der Waals surface area contributed by atoms with Crippen LogP contribution in [0.25, 0.3) is 11.4 Å². The van der Waals surface area contributed by atoms with E-state index in [0.717, 1.165) is 10.4 Å². The molecule has 2 aromatic rings. The Kier molecular flexibility index (Phi) is 2.31. The maximum absolute atomic E-state index is 5.83. The molecular weight excluding hydrogens is 223 g/mol. The topological polar surface area (TPSA) is 56.7 Å². The number of hydrogen-bond donors (Lipinski definition) is 1. The summed E-state index contributed by atoms with van der Waals surface area (Å²) in [5.74, 6) is 5.87. The van der Waals surface area contributed by atoms with Gasteiger partial charge in [0.1, 0.15) is 6.33 Å². The first-order valence-electron chi connectivity index (χ1n) is 3.78. The molecule has 0 aliphatic carbocycles. The number of nitrogen functional groups attached to an aromatic ring is 1. The highest BCUT2D eigenvalue weighted by Crippen LogP contribution is 2.24. The lowest BCUT2D eigenvalue weighted by molar-refractivity contribution is 0.833. The smallest absolute Gasteiger partial charge is 0.183 e. The second kappa shape index (κ2) is 3.48. The first kappa shape index (κ1) is 9.30. The van der Waals surface area contributed by atoms with Crippen LogP contribution in [-0.4, -0.2) is 14.9 Å². The van der Waals surface area contributed by atoms with Gasteiger partial charge in [-0.2, -0.15) is 4.79 Å². The molecule has 1 aromatic heterocycles. The average Bonchev–Trinajstić information content (AvgIpc) is 2.50. The zero-order valence-electron chi connectivity index (χ0n) is 6.98. The van der Waals surface area contributed by atoms with E-state index in [1.165, 1.54) is 6.33 Å². The van der Waals surface area contributed by atoms with Crippen molar-refractivity contribution in [1.82, 2.24) is 14.9 Å². The largest absolute Gasteiger partial charge is 0.322 e. The number of nitrogens with zero attached hydrogens (tertiary/aromatic N) is 3. The minimum absolute atomic E-state index is 0.497. The molecule has 1 aromatic carbocycles. The molecule has 0 amide bonds. The second-order valence-electron chi connectivity index (χ2n) is 2.71. The van der Waals surface area contributed by atoms with E-state index in [2.05, 4.69) is 10.1 Å². The van der Waals surface area contributed by atoms with Crippen LogP contribution in [-0.2, 0) is 0 Å². The van der Waals surface area contributed by atoms with Gasteiger partial charge in [-0.25, -0.2) is 4.98 Å². The fourth-order valence-electron chi connectivity index (χ4n) is 1.09. The van der Waals surface area contributed by atoms with Crippen molar-refractivity contribution in [2.24, 2.45) is 0 Å². The second-order valence-corrected chi connectivity index (χ2v) is 3.58. The van der Waals surface area contributed by atoms with Crippen LogP contribution in [0.2, 0.25) is 10.0 Å². The van der Waals surface area contributed by atoms with Crippen LogP contribution in [0.3, 0.4) is 0 Å². The minimum Gasteiger partial charge on any atom is -0.322 e. The van der Waals surface area contributed by atoms with Gasteiger partial charge in [-0.15, -0.1) is 5.10 Å². The van der Waals surface area contributed by atoms with Crippen molar-refractivity contribution in [3.8, 4) is 11.4 Å². The van der Waals surface area contributed by atoms with Crippen molar-refractivity contribution < 1.29 is 0 Å². The van der Waals surface area contributed by atoms with Crippen molar-refractivity contribution in [1.29, 1.82) is 0 Å². The quantitative estimate of drug-likeness (QED) is 0.760. The predicted molar refractivity (Wildman–Crippen MR) is 55.6 cm³/mol. The molecule has 0 saturated carbocycles. The van der Waals surface area contributed by atoms with E-state index >= 15 is 0 Å². The number of aromatic nitrogens is 3. The minimum atomic E-state index is 0.497. The van der Waals surface area contributed by atoms with Crippen molar-refractivity contribution in [2.75, 3.05) is 5.84 Å². The number of hydrogen-bond acceptors (Lipinski definition) is 3. The molecule has 2 rings (SSSR count). The van der Waals surface area contributed by atoms with Gasteiger partial charge >= 0.3 is 0 Å². The van der Waals surface area contributed by atoms with Gasteiger partial charge in [-0.3, -0.25) is 0 Å². The summed E-state index contributed by atoms with van der Waals surface area (Å²) in [6.45, 7) is 0. The van der Waals surface area contributed by atoms with Crippen LogP contribution < -0.4 is 5.84 Å². The summed E-state index contributed by atoms with van der Waals surface area (Å²) in [6.07, 6.45) is 1.41. The molecule has 0 aliphatic rings. The molecule has 72 valence electrons. The fourth-order valence-corrected chi connectivity index (χ4v) is 1.62. The van der Waals surface area contributed by atoms with E-state index in [9.17, 15) is 0 Å². The van der Waals surface area contributed by atoms with E-state index in [1.807, 2.05) is 0 Å². The third-order valence-corrected chi connectivity index (χ3v) is 2.07. The van der Waals surface area contributed by atoms with Crippen LogP contribution in [0.5, 0.6) is 0 Å². The lowest BCUT2D eigenvalue weighted by atomic mass is 10.2. The summed E-state index contributed by atoms with van der Waals surface area (Å²) in [7, 11) is 0. The Balaban J connectivity index is 2.51. The molecule has 0 unspecified atom stereocenters. The molecule has 0 aliphatic heterocycles. The van der Waals surface area contributed by atoms with E-state index in [0.29, 0.717) is 15.9 Å². The standard InChI is InChI=1S/C8H6Cl2N4/c9-6-1-5(2-7(10)3-6)8-12-4-14(11)13-8/h1-4H,11H2. The summed E-state index contributed by atoms with van der Waals surface area (Å²) in [6, 6.07) is 5.09. The van der Waals surface area contributed by atoms with Crippen molar-refractivity contribution in [2.45, 2.75) is 0 Å². The molecule has 0 saturated heterocycles. The van der Waals surface area contributed by atoms with Crippen molar-refractivity contribution >= 4 is 23.2 Å². The molecule has 0 fully saturated rings. The lowest BCUT2D eigenvalue weighted by Crippen LogP contribution is -2.07. The number of rotatable bonds is 1. The van der Waals surface area contributed by atoms with Crippen molar-refractivity contribution in [3.63, 3.8) is 0 Å². The van der Waals surface area contributed by atoms with Crippen molar-refractivity contribution in [3.05, 3.63) is 34.6 Å². The number of nitrogens with two attached hydrogens (primary N) is 1. The monoisotopic (exact) mass is 228 g/mol. The van der Waals surface area contributed by atoms with Crippen LogP contribution in [0, 0.1) is 0 Å². The maximum atomic E-state index is 5.83. The van der Waals surface area contributed by atoms with Gasteiger partial charge in [0.15, 0.2) is 5.82 Å². The van der Waals surface area contributed by atoms with Gasteiger partial charge < -0.3 is 5.84 Å². The third kappa shape index (κ3) is 1.81. The van der Waals surface area contributed by atoms with Gasteiger partial charge in [-0.1, -0.05) is 23.2 Å². The summed E-state index contributed by atoms with van der Waals surface area (Å²) < 4.78 is 0. The molecular formula is C8H6Cl2N4. The lowest BCUT2D eigenvalue weighted by Gasteiger charge is -1.97. The summed E-state index contributed by atoms with van der Waals surface area (Å²) >= 11 is 11.7. The van der Waals surface area contributed by atoms with Gasteiger partial charge in [0.25, 0.3) is 0 Å². The number of halogens is 2. The van der Waals surface area contributed by atoms with Crippen LogP contribution in [0.1, 0.15) is 0 Å². The summed E-state index contributed by atoms with van der Waals surface area (Å²) in [5.41, 5.74) is 0.742. The van der Waals surface area contributed by atoms with Gasteiger partial charge in [0.05, 0.1) is 0 Å². The third-order valence-electron chi connectivity index (χ3n) is 1.63. The van der Waals surface area contributed by atoms with Gasteiger partial charge in [0.2, 0.25) is 0 Å². The highest BCUT2D eigenvalue weighted by Gasteiger charge is 2.05. The molecule has 2 N–H and O–H groups in total.